The minimum absolute atomic E-state index is 0.0975. The highest BCUT2D eigenvalue weighted by Gasteiger charge is 2.05. The maximum absolute atomic E-state index is 11.8. The standard InChI is InChI=1S/C15H19N3O2/c1-11-9-12(2)18(17-11)8-4-7-16-15(20)13-5-3-6-14(19)10-13/h3,5-6,9-10,19H,4,7-8H2,1-2H3,(H,16,20). The molecule has 0 unspecified atom stereocenters. The lowest BCUT2D eigenvalue weighted by Gasteiger charge is -2.07. The highest BCUT2D eigenvalue weighted by atomic mass is 16.3. The number of hydrogen-bond donors (Lipinski definition) is 2. The Morgan fingerprint density at radius 3 is 2.80 bits per heavy atom. The van der Waals surface area contributed by atoms with Crippen LogP contribution in [0, 0.1) is 13.8 Å². The van der Waals surface area contributed by atoms with Gasteiger partial charge in [0.1, 0.15) is 5.75 Å². The summed E-state index contributed by atoms with van der Waals surface area (Å²) in [6.07, 6.45) is 0.812. The van der Waals surface area contributed by atoms with Crippen molar-refractivity contribution in [2.24, 2.45) is 0 Å². The van der Waals surface area contributed by atoms with Gasteiger partial charge in [0.2, 0.25) is 0 Å². The van der Waals surface area contributed by atoms with Gasteiger partial charge in [-0.2, -0.15) is 5.10 Å². The summed E-state index contributed by atoms with van der Waals surface area (Å²) in [6.45, 7) is 5.34. The monoisotopic (exact) mass is 273 g/mol. The Morgan fingerprint density at radius 2 is 2.15 bits per heavy atom. The summed E-state index contributed by atoms with van der Waals surface area (Å²) in [7, 11) is 0. The first-order valence-corrected chi connectivity index (χ1v) is 6.64. The first kappa shape index (κ1) is 14.1. The van der Waals surface area contributed by atoms with Crippen molar-refractivity contribution < 1.29 is 9.90 Å². The molecule has 0 saturated carbocycles. The molecule has 0 radical (unpaired) electrons. The van der Waals surface area contributed by atoms with Crippen LogP contribution < -0.4 is 5.32 Å². The van der Waals surface area contributed by atoms with Gasteiger partial charge in [-0.15, -0.1) is 0 Å². The molecule has 0 aliphatic rings. The Kier molecular flexibility index (Phi) is 4.40. The van der Waals surface area contributed by atoms with E-state index in [4.69, 9.17) is 0 Å². The molecule has 0 aliphatic carbocycles. The fourth-order valence-corrected chi connectivity index (χ4v) is 2.08. The summed E-state index contributed by atoms with van der Waals surface area (Å²) in [5.74, 6) is -0.0745. The van der Waals surface area contributed by atoms with Gasteiger partial charge in [-0.1, -0.05) is 6.07 Å². The maximum atomic E-state index is 11.8. The number of aromatic hydroxyl groups is 1. The van der Waals surface area contributed by atoms with E-state index in [2.05, 4.69) is 10.4 Å². The van der Waals surface area contributed by atoms with Crippen molar-refractivity contribution in [3.63, 3.8) is 0 Å². The number of nitrogens with zero attached hydrogens (tertiary/aromatic N) is 2. The average molecular weight is 273 g/mol. The highest BCUT2D eigenvalue weighted by Crippen LogP contribution is 2.10. The maximum Gasteiger partial charge on any atom is 0.251 e. The van der Waals surface area contributed by atoms with E-state index in [1.807, 2.05) is 24.6 Å². The number of hydrogen-bond acceptors (Lipinski definition) is 3. The third-order valence-corrected chi connectivity index (χ3v) is 3.04. The van der Waals surface area contributed by atoms with E-state index < -0.39 is 0 Å². The second-order valence-corrected chi connectivity index (χ2v) is 4.81. The normalized spacial score (nSPS) is 10.5. The van der Waals surface area contributed by atoms with E-state index in [1.54, 1.807) is 18.2 Å². The molecular formula is C15H19N3O2. The lowest BCUT2D eigenvalue weighted by atomic mass is 10.2. The number of rotatable bonds is 5. The lowest BCUT2D eigenvalue weighted by molar-refractivity contribution is 0.0952. The van der Waals surface area contributed by atoms with Gasteiger partial charge in [-0.05, 0) is 44.5 Å². The van der Waals surface area contributed by atoms with Crippen LogP contribution in [-0.4, -0.2) is 27.3 Å². The van der Waals surface area contributed by atoms with Crippen LogP contribution >= 0.6 is 0 Å². The predicted octanol–water partition coefficient (Wildman–Crippen LogP) is 2.03. The highest BCUT2D eigenvalue weighted by molar-refractivity contribution is 5.94. The molecule has 0 spiro atoms. The largest absolute Gasteiger partial charge is 0.508 e. The molecule has 0 fully saturated rings. The number of aromatic nitrogens is 2. The zero-order chi connectivity index (χ0) is 14.5. The van der Waals surface area contributed by atoms with Crippen molar-refractivity contribution in [3.8, 4) is 5.75 Å². The summed E-state index contributed by atoms with van der Waals surface area (Å²) in [5, 5.41) is 16.5. The number of amides is 1. The van der Waals surface area contributed by atoms with E-state index >= 15 is 0 Å². The van der Waals surface area contributed by atoms with Crippen LogP contribution in [-0.2, 0) is 6.54 Å². The molecule has 2 aromatic rings. The first-order chi connectivity index (χ1) is 9.56. The van der Waals surface area contributed by atoms with E-state index in [0.717, 1.165) is 24.4 Å². The van der Waals surface area contributed by atoms with Gasteiger partial charge in [0.15, 0.2) is 0 Å². The number of aryl methyl sites for hydroxylation is 3. The van der Waals surface area contributed by atoms with Gasteiger partial charge in [0.05, 0.1) is 5.69 Å². The van der Waals surface area contributed by atoms with Gasteiger partial charge in [0, 0.05) is 24.3 Å². The zero-order valence-electron chi connectivity index (χ0n) is 11.8. The topological polar surface area (TPSA) is 67.2 Å². The van der Waals surface area contributed by atoms with Crippen molar-refractivity contribution in [1.29, 1.82) is 0 Å². The fourth-order valence-electron chi connectivity index (χ4n) is 2.08. The van der Waals surface area contributed by atoms with Crippen LogP contribution in [0.2, 0.25) is 0 Å². The molecule has 1 aromatic heterocycles. The molecule has 5 nitrogen and oxygen atoms in total. The molecule has 5 heteroatoms. The Morgan fingerprint density at radius 1 is 1.35 bits per heavy atom. The van der Waals surface area contributed by atoms with Crippen molar-refractivity contribution in [3.05, 3.63) is 47.3 Å². The summed E-state index contributed by atoms with van der Waals surface area (Å²) < 4.78 is 1.94. The summed E-state index contributed by atoms with van der Waals surface area (Å²) in [6, 6.07) is 8.36. The number of phenols is 1. The van der Waals surface area contributed by atoms with E-state index in [1.165, 1.54) is 6.07 Å². The molecule has 2 N–H and O–H groups in total. The minimum Gasteiger partial charge on any atom is -0.508 e. The summed E-state index contributed by atoms with van der Waals surface area (Å²) in [4.78, 5) is 11.8. The van der Waals surface area contributed by atoms with Crippen molar-refractivity contribution >= 4 is 5.91 Å². The van der Waals surface area contributed by atoms with Crippen LogP contribution in [0.3, 0.4) is 0 Å². The third-order valence-electron chi connectivity index (χ3n) is 3.04. The van der Waals surface area contributed by atoms with Gasteiger partial charge in [0.25, 0.3) is 5.91 Å². The Balaban J connectivity index is 1.79. The molecule has 2 rings (SSSR count). The minimum atomic E-state index is -0.172. The molecule has 0 bridgehead atoms. The lowest BCUT2D eigenvalue weighted by Crippen LogP contribution is -2.25. The molecule has 20 heavy (non-hydrogen) atoms. The second-order valence-electron chi connectivity index (χ2n) is 4.81. The first-order valence-electron chi connectivity index (χ1n) is 6.64. The quantitative estimate of drug-likeness (QED) is 0.819. The van der Waals surface area contributed by atoms with E-state index in [-0.39, 0.29) is 11.7 Å². The second kappa shape index (κ2) is 6.23. The number of nitrogens with one attached hydrogen (secondary N) is 1. The number of benzene rings is 1. The van der Waals surface area contributed by atoms with Gasteiger partial charge in [-0.3, -0.25) is 9.48 Å². The summed E-state index contributed by atoms with van der Waals surface area (Å²) >= 11 is 0. The smallest absolute Gasteiger partial charge is 0.251 e. The van der Waals surface area contributed by atoms with E-state index in [0.29, 0.717) is 12.1 Å². The van der Waals surface area contributed by atoms with Crippen LogP contribution in [0.1, 0.15) is 28.2 Å². The van der Waals surface area contributed by atoms with E-state index in [9.17, 15) is 9.90 Å². The molecule has 106 valence electrons. The SMILES string of the molecule is Cc1cc(C)n(CCCNC(=O)c2cccc(O)c2)n1. The number of phenolic OH excluding ortho intramolecular Hbond substituents is 1. The molecule has 1 amide bonds. The van der Waals surface area contributed by atoms with Gasteiger partial charge < -0.3 is 10.4 Å². The number of carbonyl (C=O) groups is 1. The van der Waals surface area contributed by atoms with Crippen molar-refractivity contribution in [2.75, 3.05) is 6.54 Å². The average Bonchev–Trinajstić information content (AvgIpc) is 2.73. The summed E-state index contributed by atoms with van der Waals surface area (Å²) in [5.41, 5.74) is 2.60. The van der Waals surface area contributed by atoms with Crippen molar-refractivity contribution in [1.82, 2.24) is 15.1 Å². The molecule has 1 heterocycles. The Hall–Kier alpha value is -2.30. The fraction of sp³-hybridized carbons (Fsp3) is 0.333. The molecular weight excluding hydrogens is 254 g/mol. The van der Waals surface area contributed by atoms with Crippen LogP contribution in [0.25, 0.3) is 0 Å². The Bertz CT molecular complexity index is 605. The van der Waals surface area contributed by atoms with Crippen LogP contribution in [0.15, 0.2) is 30.3 Å². The molecule has 0 aliphatic heterocycles. The number of carbonyl (C=O) groups excluding carboxylic acids is 1. The van der Waals surface area contributed by atoms with Gasteiger partial charge in [-0.25, -0.2) is 0 Å². The molecule has 0 saturated heterocycles. The third kappa shape index (κ3) is 3.60. The predicted molar refractivity (Wildman–Crippen MR) is 76.8 cm³/mol. The van der Waals surface area contributed by atoms with Crippen LogP contribution in [0.4, 0.5) is 0 Å². The Labute approximate surface area is 118 Å². The van der Waals surface area contributed by atoms with Crippen LogP contribution in [0.5, 0.6) is 5.75 Å². The van der Waals surface area contributed by atoms with Gasteiger partial charge >= 0.3 is 0 Å². The molecule has 0 atom stereocenters. The zero-order valence-corrected chi connectivity index (χ0v) is 11.8. The molecule has 1 aromatic carbocycles. The van der Waals surface area contributed by atoms with Crippen molar-refractivity contribution in [2.45, 2.75) is 26.8 Å².